The third-order valence-electron chi connectivity index (χ3n) is 15.5. The number of anilines is 2. The van der Waals surface area contributed by atoms with Crippen molar-refractivity contribution in [2.24, 2.45) is 24.3 Å². The van der Waals surface area contributed by atoms with E-state index in [1.165, 1.54) is 15.5 Å². The molecule has 2 atom stereocenters. The second-order valence-electron chi connectivity index (χ2n) is 19.8. The molecule has 3 amide bonds. The number of hydrogen-bond acceptors (Lipinski definition) is 9. The fourth-order valence-corrected chi connectivity index (χ4v) is 11.2. The standard InChI is InChI=1S/C55H62N8O5/c1-36(9-18-50(64)46-32-41(57)13-8-37(46)2)43-15-12-39(44-6-4-5-7-45(43)44)11-10-38-20-26-60(27-21-38)35-55(34-56)24-30-62(31-25-55)53(67)40-22-28-61(29-23-40)42-14-16-47-49(33-42)59(3)54(68)63(47)48-17-19-51(65)58-52(48)66/h4-8,12-16,32-33,36,38,40,48H,9,17-31,35,57H2,1-3H3,(H,58,65,66)/t36-,48?/m0/s1. The molecule has 1 aromatic heterocycles. The van der Waals surface area contributed by atoms with Crippen LogP contribution in [0.2, 0.25) is 0 Å². The number of nitrogens with one attached hydrogen (secondary N) is 1. The number of piperidine rings is 4. The average molecular weight is 915 g/mol. The van der Waals surface area contributed by atoms with E-state index in [1.807, 2.05) is 42.2 Å². The number of fused-ring (bicyclic) bond motifs is 2. The molecule has 4 aliphatic heterocycles. The fourth-order valence-electron chi connectivity index (χ4n) is 11.2. The van der Waals surface area contributed by atoms with Crippen LogP contribution >= 0.6 is 0 Å². The summed E-state index contributed by atoms with van der Waals surface area (Å²) in [5.41, 5.74) is 12.1. The fraction of sp³-hybridized carbons (Fsp3) is 0.455. The first-order valence-electron chi connectivity index (χ1n) is 24.5. The Hall–Kier alpha value is -6.70. The predicted octanol–water partition coefficient (Wildman–Crippen LogP) is 7.24. The Balaban J connectivity index is 0.747. The van der Waals surface area contributed by atoms with Crippen molar-refractivity contribution in [2.75, 3.05) is 56.4 Å². The van der Waals surface area contributed by atoms with Gasteiger partial charge in [0, 0.05) is 87.0 Å². The number of imidazole rings is 1. The van der Waals surface area contributed by atoms with Gasteiger partial charge >= 0.3 is 5.69 Å². The lowest BCUT2D eigenvalue weighted by atomic mass is 9.78. The molecule has 9 rings (SSSR count). The van der Waals surface area contributed by atoms with Crippen LogP contribution < -0.4 is 21.6 Å². The van der Waals surface area contributed by atoms with E-state index in [-0.39, 0.29) is 53.9 Å². The molecular weight excluding hydrogens is 853 g/mol. The van der Waals surface area contributed by atoms with Gasteiger partial charge in [0.1, 0.15) is 6.04 Å². The number of nitrogens with zero attached hydrogens (tertiary/aromatic N) is 6. The summed E-state index contributed by atoms with van der Waals surface area (Å²) in [7, 11) is 1.70. The Labute approximate surface area is 398 Å². The number of carbonyl (C=O) groups excluding carboxylic acids is 4. The van der Waals surface area contributed by atoms with Crippen LogP contribution in [0.3, 0.4) is 0 Å². The lowest BCUT2D eigenvalue weighted by Gasteiger charge is -2.43. The maximum Gasteiger partial charge on any atom is 0.329 e. The molecule has 0 spiro atoms. The quantitative estimate of drug-likeness (QED) is 0.0636. The number of nitrogens with two attached hydrogens (primary N) is 1. The first kappa shape index (κ1) is 46.4. The monoisotopic (exact) mass is 914 g/mol. The molecule has 1 unspecified atom stereocenters. The van der Waals surface area contributed by atoms with Crippen molar-refractivity contribution < 1.29 is 19.2 Å². The van der Waals surface area contributed by atoms with Crippen molar-refractivity contribution in [1.29, 1.82) is 5.26 Å². The summed E-state index contributed by atoms with van der Waals surface area (Å²) in [5.74, 6) is 7.07. The van der Waals surface area contributed by atoms with Crippen molar-refractivity contribution in [3.05, 3.63) is 106 Å². The summed E-state index contributed by atoms with van der Waals surface area (Å²) in [6, 6.07) is 26.1. The van der Waals surface area contributed by atoms with Gasteiger partial charge in [-0.05, 0) is 136 Å². The van der Waals surface area contributed by atoms with Gasteiger partial charge in [0.15, 0.2) is 5.78 Å². The summed E-state index contributed by atoms with van der Waals surface area (Å²) >= 11 is 0. The van der Waals surface area contributed by atoms with Crippen LogP contribution in [0, 0.1) is 47.3 Å². The van der Waals surface area contributed by atoms with Gasteiger partial charge in [0.05, 0.1) is 22.5 Å². The zero-order valence-electron chi connectivity index (χ0n) is 39.6. The van der Waals surface area contributed by atoms with Crippen molar-refractivity contribution in [3.8, 4) is 17.9 Å². The maximum atomic E-state index is 13.9. The molecule has 0 aliphatic carbocycles. The number of nitriles is 1. The molecular formula is C55H62N8O5. The van der Waals surface area contributed by atoms with Crippen LogP contribution in [-0.4, -0.2) is 88.3 Å². The van der Waals surface area contributed by atoms with E-state index < -0.39 is 17.4 Å². The van der Waals surface area contributed by atoms with Gasteiger partial charge in [-0.15, -0.1) is 0 Å². The summed E-state index contributed by atoms with van der Waals surface area (Å²) in [6.07, 6.45) is 6.37. The van der Waals surface area contributed by atoms with Gasteiger partial charge in [0.25, 0.3) is 0 Å². The van der Waals surface area contributed by atoms with Crippen LogP contribution in [0.25, 0.3) is 21.8 Å². The van der Waals surface area contributed by atoms with Crippen molar-refractivity contribution in [1.82, 2.24) is 24.3 Å². The zero-order chi connectivity index (χ0) is 47.7. The van der Waals surface area contributed by atoms with Crippen LogP contribution in [0.15, 0.2) is 77.6 Å². The third-order valence-corrected chi connectivity index (χ3v) is 15.5. The summed E-state index contributed by atoms with van der Waals surface area (Å²) in [4.78, 5) is 71.3. The Kier molecular flexibility index (Phi) is 13.3. The van der Waals surface area contributed by atoms with E-state index in [0.29, 0.717) is 74.3 Å². The molecule has 4 aromatic carbocycles. The summed E-state index contributed by atoms with van der Waals surface area (Å²) < 4.78 is 3.05. The van der Waals surface area contributed by atoms with Gasteiger partial charge in [-0.1, -0.05) is 55.2 Å². The lowest BCUT2D eigenvalue weighted by Crippen LogP contribution is -2.50. The molecule has 3 N–H and O–H groups in total. The third kappa shape index (κ3) is 9.42. The first-order chi connectivity index (χ1) is 32.8. The Bertz CT molecular complexity index is 2940. The average Bonchev–Trinajstić information content (AvgIpc) is 3.60. The minimum absolute atomic E-state index is 0.0743. The maximum absolute atomic E-state index is 13.9. The van der Waals surface area contributed by atoms with Crippen molar-refractivity contribution >= 4 is 56.7 Å². The van der Waals surface area contributed by atoms with Crippen molar-refractivity contribution in [2.45, 2.75) is 90.0 Å². The predicted molar refractivity (Wildman–Crippen MR) is 265 cm³/mol. The summed E-state index contributed by atoms with van der Waals surface area (Å²) in [6.45, 7) is 9.24. The molecule has 13 nitrogen and oxygen atoms in total. The number of likely N-dealkylation sites (tertiary alicyclic amines) is 2. The van der Waals surface area contributed by atoms with Gasteiger partial charge in [-0.2, -0.15) is 5.26 Å². The number of carbonyl (C=O) groups is 4. The highest BCUT2D eigenvalue weighted by Crippen LogP contribution is 2.36. The Morgan fingerprint density at radius 1 is 0.868 bits per heavy atom. The van der Waals surface area contributed by atoms with E-state index in [4.69, 9.17) is 5.73 Å². The highest BCUT2D eigenvalue weighted by Gasteiger charge is 2.40. The number of nitrogen functional groups attached to an aromatic ring is 1. The number of aromatic nitrogens is 2. The van der Waals surface area contributed by atoms with Crippen LogP contribution in [0.4, 0.5) is 11.4 Å². The highest BCUT2D eigenvalue weighted by molar-refractivity contribution is 6.00. The van der Waals surface area contributed by atoms with E-state index in [9.17, 15) is 29.2 Å². The second-order valence-corrected chi connectivity index (χ2v) is 19.8. The number of ketones is 1. The van der Waals surface area contributed by atoms with Crippen LogP contribution in [-0.2, 0) is 21.4 Å². The number of amides is 3. The first-order valence-corrected chi connectivity index (χ1v) is 24.5. The van der Waals surface area contributed by atoms with Gasteiger partial charge in [-0.3, -0.25) is 33.6 Å². The molecule has 4 saturated heterocycles. The summed E-state index contributed by atoms with van der Waals surface area (Å²) in [5, 5.41) is 15.2. The van der Waals surface area contributed by atoms with E-state index in [0.717, 1.165) is 67.4 Å². The molecule has 0 saturated carbocycles. The van der Waals surface area contributed by atoms with Gasteiger partial charge in [-0.25, -0.2) is 4.79 Å². The SMILES string of the molecule is Cc1ccc(N)cc1C(=O)CC[C@H](C)c1ccc(C#CC2CCN(CC3(C#N)CCN(C(=O)C4CCN(c5ccc6c(c5)n(C)c(=O)n6C5CCC(=O)NC5=O)CC4)CC3)CC2)c2ccccc12. The van der Waals surface area contributed by atoms with E-state index in [2.05, 4.69) is 76.3 Å². The second kappa shape index (κ2) is 19.5. The Morgan fingerprint density at radius 2 is 1.60 bits per heavy atom. The van der Waals surface area contributed by atoms with E-state index in [1.54, 1.807) is 17.7 Å². The molecule has 0 bridgehead atoms. The van der Waals surface area contributed by atoms with E-state index >= 15 is 0 Å². The number of aryl methyl sites for hydroxylation is 2. The molecule has 4 aliphatic rings. The number of benzene rings is 4. The van der Waals surface area contributed by atoms with Gasteiger partial charge in [0.2, 0.25) is 17.7 Å². The minimum atomic E-state index is -0.731. The largest absolute Gasteiger partial charge is 0.399 e. The molecule has 352 valence electrons. The van der Waals surface area contributed by atoms with Gasteiger partial charge < -0.3 is 20.4 Å². The normalized spacial score (nSPS) is 19.9. The number of imide groups is 1. The number of hydrogen-bond donors (Lipinski definition) is 2. The minimum Gasteiger partial charge on any atom is -0.399 e. The topological polar surface area (TPSA) is 167 Å². The molecule has 5 heterocycles. The molecule has 13 heteroatoms. The molecule has 68 heavy (non-hydrogen) atoms. The molecule has 5 aromatic rings. The smallest absolute Gasteiger partial charge is 0.329 e. The zero-order valence-corrected chi connectivity index (χ0v) is 39.6. The lowest BCUT2D eigenvalue weighted by molar-refractivity contribution is -0.138. The number of rotatable bonds is 10. The Morgan fingerprint density at radius 3 is 2.32 bits per heavy atom. The highest BCUT2D eigenvalue weighted by atomic mass is 16.2. The van der Waals surface area contributed by atoms with Crippen LogP contribution in [0.1, 0.15) is 110 Å². The van der Waals surface area contributed by atoms with Crippen molar-refractivity contribution in [3.63, 3.8) is 0 Å². The number of Topliss-reactive ketones (excluding diaryl/α,β-unsaturated/α-hetero) is 1. The molecule has 4 fully saturated rings. The van der Waals surface area contributed by atoms with Crippen LogP contribution in [0.5, 0.6) is 0 Å². The molecule has 0 radical (unpaired) electrons.